The van der Waals surface area contributed by atoms with Crippen LogP contribution in [0.4, 0.5) is 17.1 Å². The first kappa shape index (κ1) is 58.7. The number of fused-ring (bicyclic) bond motifs is 8. The van der Waals surface area contributed by atoms with Crippen LogP contribution in [0.1, 0.15) is 202 Å². The van der Waals surface area contributed by atoms with Crippen molar-refractivity contribution in [1.29, 1.82) is 0 Å². The zero-order chi connectivity index (χ0) is 60.6. The lowest BCUT2D eigenvalue weighted by atomic mass is 9.79. The maximum atomic E-state index is 11.9. The summed E-state index contributed by atoms with van der Waals surface area (Å²) in [4.78, 5) is 33.7. The number of aromatic amines is 2. The molecule has 7 nitrogen and oxygen atoms in total. The van der Waals surface area contributed by atoms with Crippen molar-refractivity contribution in [2.45, 2.75) is 157 Å². The van der Waals surface area contributed by atoms with Crippen LogP contribution in [0.3, 0.4) is 0 Å². The van der Waals surface area contributed by atoms with Crippen LogP contribution >= 0.6 is 0 Å². The zero-order valence-corrected chi connectivity index (χ0v) is 52.7. The Morgan fingerprint density at radius 2 is 0.750 bits per heavy atom. The first-order valence-electron chi connectivity index (χ1n) is 29.6. The summed E-state index contributed by atoms with van der Waals surface area (Å²) in [6.45, 7) is 40.9. The van der Waals surface area contributed by atoms with Crippen molar-refractivity contribution in [3.63, 3.8) is 0 Å². The summed E-state index contributed by atoms with van der Waals surface area (Å²) in [7, 11) is 0. The predicted octanol–water partition coefficient (Wildman–Crippen LogP) is 20.3. The highest BCUT2D eigenvalue weighted by atomic mass is 16.4. The molecule has 5 heterocycles. The van der Waals surface area contributed by atoms with E-state index in [0.29, 0.717) is 16.8 Å². The molecule has 0 fully saturated rings. The van der Waals surface area contributed by atoms with Gasteiger partial charge in [-0.1, -0.05) is 197 Å². The Hall–Kier alpha value is -8.47. The summed E-state index contributed by atoms with van der Waals surface area (Å²) in [5, 5.41) is 9.78. The number of rotatable bonds is 6. The molecule has 2 aliphatic rings. The highest BCUT2D eigenvalue weighted by Crippen LogP contribution is 2.45. The van der Waals surface area contributed by atoms with Gasteiger partial charge in [-0.2, -0.15) is 0 Å². The fraction of sp³-hybridized carbons (Fsp3) is 0.312. The number of carbonyl (C=O) groups is 1. The van der Waals surface area contributed by atoms with Gasteiger partial charge in [-0.25, -0.2) is 14.8 Å². The van der Waals surface area contributed by atoms with Gasteiger partial charge in [-0.3, -0.25) is 0 Å². The number of benzene rings is 5. The van der Waals surface area contributed by atoms with Crippen molar-refractivity contribution < 1.29 is 9.90 Å². The third-order valence-electron chi connectivity index (χ3n) is 16.3. The van der Waals surface area contributed by atoms with E-state index in [0.717, 1.165) is 78.5 Å². The third kappa shape index (κ3) is 12.1. The number of hydrogen-bond acceptors (Lipinski definition) is 4. The van der Waals surface area contributed by atoms with Gasteiger partial charge in [0.05, 0.1) is 50.6 Å². The molecule has 8 aromatic rings. The quantitative estimate of drug-likeness (QED) is 0.144. The van der Waals surface area contributed by atoms with Crippen molar-refractivity contribution in [1.82, 2.24) is 19.9 Å². The molecule has 0 unspecified atom stereocenters. The van der Waals surface area contributed by atoms with Crippen LogP contribution in [0.2, 0.25) is 0 Å². The van der Waals surface area contributed by atoms with Gasteiger partial charge in [0, 0.05) is 39.1 Å². The summed E-state index contributed by atoms with van der Waals surface area (Å²) in [5.41, 5.74) is 21.8. The van der Waals surface area contributed by atoms with Crippen molar-refractivity contribution >= 4 is 69.4 Å². The van der Waals surface area contributed by atoms with Crippen LogP contribution < -0.4 is 4.90 Å². The van der Waals surface area contributed by atoms with E-state index in [1.54, 1.807) is 24.3 Å². The molecule has 2 aliphatic heterocycles. The molecule has 8 bridgehead atoms. The standard InChI is InChI=1S/C77H83N5O2/c1-72(2,3)51-24-28-57(29-25-51)82(58-30-26-52(27-31-58)73(4,5)6)70-66-39-34-61(79-66)59(32-21-47-19-22-48(23-20-47)71(83)84)60-33-35-62(78-60)68(49-41-53(74(7,8)9)45-54(42-49)75(10,11)12)63-36-37-64(80-63)69(65-38-40-67(70)81-65)50-43-55(76(13,14)15)46-56(44-50)77(16,17)18/h19-20,22-31,33-46,79-80H,1-18H3,(H,83,84). The van der Waals surface area contributed by atoms with E-state index >= 15 is 0 Å². The van der Waals surface area contributed by atoms with Crippen LogP contribution in [0, 0.1) is 11.8 Å². The van der Waals surface area contributed by atoms with Gasteiger partial charge in [0.15, 0.2) is 0 Å². The smallest absolute Gasteiger partial charge is 0.335 e. The second-order valence-corrected chi connectivity index (χ2v) is 29.1. The van der Waals surface area contributed by atoms with E-state index in [-0.39, 0.29) is 38.1 Å². The van der Waals surface area contributed by atoms with Gasteiger partial charge in [-0.05, 0) is 174 Å². The highest BCUT2D eigenvalue weighted by Gasteiger charge is 2.28. The molecule has 0 atom stereocenters. The van der Waals surface area contributed by atoms with Gasteiger partial charge < -0.3 is 20.0 Å². The van der Waals surface area contributed by atoms with Crippen LogP contribution in [-0.4, -0.2) is 31.0 Å². The van der Waals surface area contributed by atoms with Crippen molar-refractivity contribution in [2.75, 3.05) is 4.90 Å². The molecule has 3 aromatic heterocycles. The van der Waals surface area contributed by atoms with Crippen LogP contribution in [-0.2, 0) is 32.5 Å². The van der Waals surface area contributed by atoms with Crippen molar-refractivity contribution in [3.8, 4) is 34.1 Å². The molecule has 5 aromatic carbocycles. The lowest BCUT2D eigenvalue weighted by Gasteiger charge is -2.28. The van der Waals surface area contributed by atoms with E-state index < -0.39 is 5.97 Å². The van der Waals surface area contributed by atoms with Gasteiger partial charge in [0.1, 0.15) is 0 Å². The fourth-order valence-corrected chi connectivity index (χ4v) is 10.9. The van der Waals surface area contributed by atoms with Crippen molar-refractivity contribution in [3.05, 3.63) is 206 Å². The van der Waals surface area contributed by atoms with Gasteiger partial charge in [0.25, 0.3) is 0 Å². The summed E-state index contributed by atoms with van der Waals surface area (Å²) in [6, 6.07) is 47.4. The Labute approximate surface area is 499 Å². The Bertz CT molecular complexity index is 4060. The largest absolute Gasteiger partial charge is 0.478 e. The molecule has 428 valence electrons. The predicted molar refractivity (Wildman–Crippen MR) is 356 cm³/mol. The normalized spacial score (nSPS) is 13.0. The third-order valence-corrected chi connectivity index (χ3v) is 16.3. The molecule has 0 saturated carbocycles. The highest BCUT2D eigenvalue weighted by molar-refractivity contribution is 6.00. The first-order valence-corrected chi connectivity index (χ1v) is 29.6. The molecule has 0 saturated heterocycles. The monoisotopic (exact) mass is 1110 g/mol. The zero-order valence-electron chi connectivity index (χ0n) is 52.7. The number of aromatic carboxylic acids is 1. The molecule has 7 heteroatoms. The molecular formula is C77H83N5O2. The maximum Gasteiger partial charge on any atom is 0.335 e. The molecule has 0 amide bonds. The Morgan fingerprint density at radius 3 is 1.15 bits per heavy atom. The number of nitrogens with zero attached hydrogens (tertiary/aromatic N) is 3. The topological polar surface area (TPSA) is 97.9 Å². The van der Waals surface area contributed by atoms with Crippen molar-refractivity contribution in [2.24, 2.45) is 0 Å². The van der Waals surface area contributed by atoms with E-state index in [2.05, 4.69) is 285 Å². The minimum absolute atomic E-state index is 0.0605. The van der Waals surface area contributed by atoms with Crippen LogP contribution in [0.5, 0.6) is 0 Å². The molecule has 10 rings (SSSR count). The second kappa shape index (κ2) is 21.3. The second-order valence-electron chi connectivity index (χ2n) is 29.1. The summed E-state index contributed by atoms with van der Waals surface area (Å²) in [5.74, 6) is 5.98. The Kier molecular flexibility index (Phi) is 14.9. The Morgan fingerprint density at radius 1 is 0.393 bits per heavy atom. The number of carboxylic acid groups (broad SMARTS) is 1. The number of H-pyrrole nitrogens is 2. The summed E-state index contributed by atoms with van der Waals surface area (Å²) in [6.07, 6.45) is 8.56. The molecule has 3 N–H and O–H groups in total. The number of hydrogen-bond donors (Lipinski definition) is 3. The lowest BCUT2D eigenvalue weighted by molar-refractivity contribution is 0.0696. The fourth-order valence-electron chi connectivity index (χ4n) is 10.9. The first-order chi connectivity index (χ1) is 39.2. The number of anilines is 3. The average molecular weight is 1110 g/mol. The maximum absolute atomic E-state index is 11.9. The van der Waals surface area contributed by atoms with Crippen LogP contribution in [0.15, 0.2) is 133 Å². The van der Waals surface area contributed by atoms with Crippen LogP contribution in [0.25, 0.3) is 68.6 Å². The van der Waals surface area contributed by atoms with E-state index in [9.17, 15) is 9.90 Å². The van der Waals surface area contributed by atoms with Gasteiger partial charge in [0.2, 0.25) is 0 Å². The van der Waals surface area contributed by atoms with E-state index in [1.165, 1.54) is 33.4 Å². The van der Waals surface area contributed by atoms with Gasteiger partial charge in [-0.15, -0.1) is 0 Å². The summed E-state index contributed by atoms with van der Waals surface area (Å²) >= 11 is 0. The SMILES string of the molecule is CC(C)(C)c1ccc(N(c2ccc(C(C)(C)C)cc2)c2c3nc(c(-c4cc(C(C)(C)C)cc(C(C)(C)C)c4)c4ccc([nH]4)c(-c4cc(C(C)(C)C)cc(C(C)(C)C)c4)c4nc(c(C#Cc5ccc(C(=O)O)cc5)c5ccc2[nH]5)C=C4)C=C3)cc1. The number of carboxylic acids is 1. The molecular weight excluding hydrogens is 1030 g/mol. The molecule has 84 heavy (non-hydrogen) atoms. The van der Waals surface area contributed by atoms with Gasteiger partial charge >= 0.3 is 5.97 Å². The average Bonchev–Trinajstić information content (AvgIpc) is 1.98. The summed E-state index contributed by atoms with van der Waals surface area (Å²) < 4.78 is 0. The minimum Gasteiger partial charge on any atom is -0.478 e. The van der Waals surface area contributed by atoms with E-state index in [1.807, 2.05) is 0 Å². The molecule has 0 aliphatic carbocycles. The molecule has 0 radical (unpaired) electrons. The number of nitrogens with one attached hydrogen (secondary N) is 2. The lowest BCUT2D eigenvalue weighted by Crippen LogP contribution is -2.16. The van der Waals surface area contributed by atoms with E-state index in [4.69, 9.17) is 9.97 Å². The minimum atomic E-state index is -0.987. The Balaban J connectivity index is 1.41. The number of aromatic nitrogens is 4. The molecule has 0 spiro atoms.